The summed E-state index contributed by atoms with van der Waals surface area (Å²) in [6, 6.07) is 10.9. The van der Waals surface area contributed by atoms with E-state index in [4.69, 9.17) is 5.11 Å². The van der Waals surface area contributed by atoms with Crippen LogP contribution in [-0.2, 0) is 6.42 Å². The molecule has 0 amide bonds. The van der Waals surface area contributed by atoms with Gasteiger partial charge in [-0.3, -0.25) is 4.98 Å². The summed E-state index contributed by atoms with van der Waals surface area (Å²) in [6.45, 7) is 2.17. The first-order valence-corrected chi connectivity index (χ1v) is 6.49. The number of unbranched alkanes of at least 4 members (excludes halogenated alkanes) is 1. The lowest BCUT2D eigenvalue weighted by molar-refractivity contribution is 0.0697. The lowest BCUT2D eigenvalue weighted by Gasteiger charge is -2.04. The molecule has 0 aliphatic heterocycles. The Morgan fingerprint density at radius 3 is 2.32 bits per heavy atom. The van der Waals surface area contributed by atoms with E-state index in [0.717, 1.165) is 29.7 Å². The van der Waals surface area contributed by atoms with Gasteiger partial charge in [0.1, 0.15) is 0 Å². The fraction of sp³-hybridized carbons (Fsp3) is 0.250. The number of nitrogens with zero attached hydrogens (tertiary/aromatic N) is 1. The first-order valence-electron chi connectivity index (χ1n) is 6.49. The minimum absolute atomic E-state index is 0.302. The number of aromatic carboxylic acids is 1. The maximum absolute atomic E-state index is 10.8. The monoisotopic (exact) mass is 255 g/mol. The Kier molecular flexibility index (Phi) is 4.29. The minimum Gasteiger partial charge on any atom is -0.478 e. The zero-order chi connectivity index (χ0) is 13.7. The van der Waals surface area contributed by atoms with Gasteiger partial charge in [-0.1, -0.05) is 31.5 Å². The number of hydrogen-bond acceptors (Lipinski definition) is 2. The summed E-state index contributed by atoms with van der Waals surface area (Å²) in [5.74, 6) is -0.903. The maximum Gasteiger partial charge on any atom is 0.335 e. The first kappa shape index (κ1) is 13.3. The average Bonchev–Trinajstić information content (AvgIpc) is 2.46. The topological polar surface area (TPSA) is 50.2 Å². The van der Waals surface area contributed by atoms with Crippen molar-refractivity contribution in [3.05, 3.63) is 53.9 Å². The molecule has 0 fully saturated rings. The van der Waals surface area contributed by atoms with E-state index in [9.17, 15) is 4.79 Å². The number of rotatable bonds is 5. The second kappa shape index (κ2) is 6.14. The van der Waals surface area contributed by atoms with Crippen LogP contribution in [0.2, 0.25) is 0 Å². The van der Waals surface area contributed by atoms with E-state index < -0.39 is 5.97 Å². The normalized spacial score (nSPS) is 10.4. The number of carboxylic acids is 1. The molecule has 0 saturated heterocycles. The summed E-state index contributed by atoms with van der Waals surface area (Å²) in [6.07, 6.45) is 5.18. The highest BCUT2D eigenvalue weighted by atomic mass is 16.4. The molecule has 2 aromatic rings. The molecule has 3 heteroatoms. The van der Waals surface area contributed by atoms with Gasteiger partial charge in [-0.15, -0.1) is 0 Å². The summed E-state index contributed by atoms with van der Waals surface area (Å²) in [5.41, 5.74) is 3.40. The Hall–Kier alpha value is -2.16. The largest absolute Gasteiger partial charge is 0.478 e. The van der Waals surface area contributed by atoms with Crippen LogP contribution in [0.25, 0.3) is 11.1 Å². The Bertz CT molecular complexity index is 544. The second-order valence-electron chi connectivity index (χ2n) is 4.52. The molecule has 3 nitrogen and oxygen atoms in total. The third-order valence-electron chi connectivity index (χ3n) is 3.08. The molecule has 0 saturated carbocycles. The number of aromatic nitrogens is 1. The smallest absolute Gasteiger partial charge is 0.335 e. The molecule has 0 aliphatic carbocycles. The van der Waals surface area contributed by atoms with Gasteiger partial charge in [0.25, 0.3) is 0 Å². The molecule has 1 heterocycles. The predicted octanol–water partition coefficient (Wildman–Crippen LogP) is 3.79. The van der Waals surface area contributed by atoms with Gasteiger partial charge in [-0.05, 0) is 36.6 Å². The van der Waals surface area contributed by atoms with Crippen molar-refractivity contribution in [1.29, 1.82) is 0 Å². The van der Waals surface area contributed by atoms with Crippen LogP contribution in [0.1, 0.15) is 35.8 Å². The van der Waals surface area contributed by atoms with E-state index in [1.54, 1.807) is 12.1 Å². The van der Waals surface area contributed by atoms with E-state index in [2.05, 4.69) is 11.9 Å². The molecule has 0 spiro atoms. The van der Waals surface area contributed by atoms with Gasteiger partial charge in [-0.25, -0.2) is 4.79 Å². The molecule has 2 rings (SSSR count). The van der Waals surface area contributed by atoms with Gasteiger partial charge in [0, 0.05) is 17.5 Å². The highest BCUT2D eigenvalue weighted by Gasteiger charge is 2.03. The van der Waals surface area contributed by atoms with Gasteiger partial charge in [0.2, 0.25) is 0 Å². The van der Waals surface area contributed by atoms with Crippen molar-refractivity contribution in [2.75, 3.05) is 0 Å². The molecule has 0 unspecified atom stereocenters. The third kappa shape index (κ3) is 3.41. The average molecular weight is 255 g/mol. The van der Waals surface area contributed by atoms with Crippen molar-refractivity contribution >= 4 is 5.97 Å². The number of benzene rings is 1. The second-order valence-corrected chi connectivity index (χ2v) is 4.52. The molecule has 98 valence electrons. The van der Waals surface area contributed by atoms with Crippen LogP contribution in [0, 0.1) is 0 Å². The van der Waals surface area contributed by atoms with E-state index in [1.807, 2.05) is 30.5 Å². The molecular formula is C16H17NO2. The number of carbonyl (C=O) groups is 1. The van der Waals surface area contributed by atoms with E-state index in [-0.39, 0.29) is 0 Å². The molecule has 1 aromatic heterocycles. The van der Waals surface area contributed by atoms with E-state index >= 15 is 0 Å². The zero-order valence-electron chi connectivity index (χ0n) is 11.0. The molecule has 0 radical (unpaired) electrons. The van der Waals surface area contributed by atoms with Crippen LogP contribution >= 0.6 is 0 Å². The lowest BCUT2D eigenvalue weighted by Crippen LogP contribution is -1.95. The van der Waals surface area contributed by atoms with Crippen molar-refractivity contribution in [2.45, 2.75) is 26.2 Å². The molecule has 19 heavy (non-hydrogen) atoms. The fourth-order valence-electron chi connectivity index (χ4n) is 1.91. The standard InChI is InChI=1S/C16H17NO2/c1-2-3-4-15-10-9-14(11-17-15)12-5-7-13(8-6-12)16(18)19/h5-11H,2-4H2,1H3,(H,18,19). The molecular weight excluding hydrogens is 238 g/mol. The zero-order valence-corrected chi connectivity index (χ0v) is 11.0. The van der Waals surface area contributed by atoms with Gasteiger partial charge in [-0.2, -0.15) is 0 Å². The first-order chi connectivity index (χ1) is 9.20. The van der Waals surface area contributed by atoms with Crippen LogP contribution in [0.5, 0.6) is 0 Å². The van der Waals surface area contributed by atoms with Crippen LogP contribution in [0.15, 0.2) is 42.6 Å². The van der Waals surface area contributed by atoms with Gasteiger partial charge in [0.15, 0.2) is 0 Å². The van der Waals surface area contributed by atoms with Crippen LogP contribution in [-0.4, -0.2) is 16.1 Å². The predicted molar refractivity (Wildman–Crippen MR) is 75.2 cm³/mol. The summed E-state index contributed by atoms with van der Waals surface area (Å²) < 4.78 is 0. The SMILES string of the molecule is CCCCc1ccc(-c2ccc(C(=O)O)cc2)cn1. The van der Waals surface area contributed by atoms with E-state index in [1.165, 1.54) is 6.42 Å². The summed E-state index contributed by atoms with van der Waals surface area (Å²) in [5, 5.41) is 8.85. The van der Waals surface area contributed by atoms with E-state index in [0.29, 0.717) is 5.56 Å². The Morgan fingerprint density at radius 2 is 1.79 bits per heavy atom. The van der Waals surface area contributed by atoms with Gasteiger partial charge >= 0.3 is 5.97 Å². The Morgan fingerprint density at radius 1 is 1.11 bits per heavy atom. The quantitative estimate of drug-likeness (QED) is 0.884. The van der Waals surface area contributed by atoms with Crippen LogP contribution in [0.4, 0.5) is 0 Å². The lowest BCUT2D eigenvalue weighted by atomic mass is 10.0. The van der Waals surface area contributed by atoms with Crippen LogP contribution < -0.4 is 0 Å². The molecule has 0 aliphatic rings. The minimum atomic E-state index is -0.903. The van der Waals surface area contributed by atoms with Crippen LogP contribution in [0.3, 0.4) is 0 Å². The molecule has 0 bridgehead atoms. The molecule has 0 atom stereocenters. The van der Waals surface area contributed by atoms with Gasteiger partial charge in [0.05, 0.1) is 5.56 Å². The Labute approximate surface area is 112 Å². The summed E-state index contributed by atoms with van der Waals surface area (Å²) >= 11 is 0. The Balaban J connectivity index is 2.15. The molecule has 1 aromatic carbocycles. The molecule has 1 N–H and O–H groups in total. The van der Waals surface area contributed by atoms with Crippen molar-refractivity contribution < 1.29 is 9.90 Å². The number of aryl methyl sites for hydroxylation is 1. The maximum atomic E-state index is 10.8. The highest BCUT2D eigenvalue weighted by Crippen LogP contribution is 2.19. The van der Waals surface area contributed by atoms with Crippen molar-refractivity contribution in [3.63, 3.8) is 0 Å². The van der Waals surface area contributed by atoms with Crippen molar-refractivity contribution in [1.82, 2.24) is 4.98 Å². The number of hydrogen-bond donors (Lipinski definition) is 1. The van der Waals surface area contributed by atoms with Crippen molar-refractivity contribution in [3.8, 4) is 11.1 Å². The summed E-state index contributed by atoms with van der Waals surface area (Å²) in [4.78, 5) is 15.2. The van der Waals surface area contributed by atoms with Gasteiger partial charge < -0.3 is 5.11 Å². The third-order valence-corrected chi connectivity index (χ3v) is 3.08. The number of carboxylic acid groups (broad SMARTS) is 1. The fourth-order valence-corrected chi connectivity index (χ4v) is 1.91. The summed E-state index contributed by atoms with van der Waals surface area (Å²) in [7, 11) is 0. The highest BCUT2D eigenvalue weighted by molar-refractivity contribution is 5.88. The van der Waals surface area contributed by atoms with Crippen molar-refractivity contribution in [2.24, 2.45) is 0 Å². The number of pyridine rings is 1.